The zero-order valence-corrected chi connectivity index (χ0v) is 8.38. The molecule has 1 aromatic carbocycles. The van der Waals surface area contributed by atoms with Crippen LogP contribution in [0, 0.1) is 5.82 Å². The van der Waals surface area contributed by atoms with E-state index in [0.717, 1.165) is 0 Å². The first kappa shape index (κ1) is 11.1. The minimum atomic E-state index is -1.08. The van der Waals surface area contributed by atoms with E-state index in [2.05, 4.69) is 0 Å². The van der Waals surface area contributed by atoms with Crippen molar-refractivity contribution in [3.05, 3.63) is 34.6 Å². The van der Waals surface area contributed by atoms with Crippen molar-refractivity contribution < 1.29 is 14.3 Å². The molecule has 76 valence electrons. The van der Waals surface area contributed by atoms with Crippen LogP contribution in [0.2, 0.25) is 5.02 Å². The van der Waals surface area contributed by atoms with Crippen molar-refractivity contribution in [2.75, 3.05) is 0 Å². The molecule has 0 aliphatic rings. The van der Waals surface area contributed by atoms with E-state index >= 15 is 0 Å². The summed E-state index contributed by atoms with van der Waals surface area (Å²) in [5.41, 5.74) is 0.211. The van der Waals surface area contributed by atoms with Crippen molar-refractivity contribution in [2.45, 2.75) is 19.4 Å². The molecular weight excluding hydrogens is 207 g/mol. The van der Waals surface area contributed by atoms with Gasteiger partial charge in [-0.15, -0.1) is 0 Å². The van der Waals surface area contributed by atoms with E-state index in [4.69, 9.17) is 16.7 Å². The summed E-state index contributed by atoms with van der Waals surface area (Å²) in [6.45, 7) is 1.35. The summed E-state index contributed by atoms with van der Waals surface area (Å²) >= 11 is 5.53. The first-order valence-corrected chi connectivity index (χ1v) is 4.54. The third-order valence-electron chi connectivity index (χ3n) is 1.86. The van der Waals surface area contributed by atoms with E-state index in [1.54, 1.807) is 6.07 Å². The molecule has 0 aliphatic heterocycles. The Morgan fingerprint density at radius 3 is 2.86 bits per heavy atom. The maximum absolute atomic E-state index is 13.3. The van der Waals surface area contributed by atoms with Gasteiger partial charge in [-0.1, -0.05) is 23.7 Å². The Morgan fingerprint density at radius 1 is 1.64 bits per heavy atom. The van der Waals surface area contributed by atoms with Crippen LogP contribution in [0.15, 0.2) is 18.2 Å². The number of carbonyl (C=O) groups is 1. The summed E-state index contributed by atoms with van der Waals surface area (Å²) in [7, 11) is 0. The van der Waals surface area contributed by atoms with Gasteiger partial charge in [-0.2, -0.15) is 0 Å². The number of carbonyl (C=O) groups excluding carboxylic acids is 1. The highest BCUT2D eigenvalue weighted by Gasteiger charge is 2.13. The minimum absolute atomic E-state index is 0.0131. The molecule has 14 heavy (non-hydrogen) atoms. The molecular formula is C10H10ClFO2. The average molecular weight is 217 g/mol. The Labute approximate surface area is 86.3 Å². The fourth-order valence-corrected chi connectivity index (χ4v) is 1.21. The number of rotatable bonds is 3. The highest BCUT2D eigenvalue weighted by atomic mass is 35.5. The van der Waals surface area contributed by atoms with Gasteiger partial charge in [-0.3, -0.25) is 4.79 Å². The van der Waals surface area contributed by atoms with Crippen molar-refractivity contribution in [3.8, 4) is 0 Å². The summed E-state index contributed by atoms with van der Waals surface area (Å²) < 4.78 is 13.3. The Kier molecular flexibility index (Phi) is 3.61. The van der Waals surface area contributed by atoms with Crippen LogP contribution in [0.4, 0.5) is 4.39 Å². The van der Waals surface area contributed by atoms with E-state index in [1.165, 1.54) is 19.1 Å². The van der Waals surface area contributed by atoms with Gasteiger partial charge in [0.05, 0.1) is 5.02 Å². The lowest BCUT2D eigenvalue weighted by Crippen LogP contribution is -2.18. The molecule has 0 saturated heterocycles. The molecule has 0 fully saturated rings. The average Bonchev–Trinajstić information content (AvgIpc) is 2.12. The summed E-state index contributed by atoms with van der Waals surface area (Å²) in [4.78, 5) is 11.1. The van der Waals surface area contributed by atoms with Gasteiger partial charge in [-0.05, 0) is 18.6 Å². The first-order valence-electron chi connectivity index (χ1n) is 4.16. The number of hydrogen-bond donors (Lipinski definition) is 1. The number of aliphatic hydroxyl groups excluding tert-OH is 1. The summed E-state index contributed by atoms with van der Waals surface area (Å²) in [6.07, 6.45) is -1.21. The van der Waals surface area contributed by atoms with Gasteiger partial charge in [0, 0.05) is 6.42 Å². The van der Waals surface area contributed by atoms with E-state index in [0.29, 0.717) is 0 Å². The number of aliphatic hydroxyl groups is 1. The van der Waals surface area contributed by atoms with Gasteiger partial charge in [0.1, 0.15) is 11.9 Å². The van der Waals surface area contributed by atoms with Crippen LogP contribution < -0.4 is 0 Å². The normalized spacial score (nSPS) is 12.6. The molecule has 2 nitrogen and oxygen atoms in total. The fraction of sp³-hybridized carbons (Fsp3) is 0.300. The number of halogens is 2. The molecule has 0 radical (unpaired) electrons. The summed E-state index contributed by atoms with van der Waals surface area (Å²) in [5.74, 6) is -1.02. The zero-order valence-electron chi connectivity index (χ0n) is 7.63. The van der Waals surface area contributed by atoms with E-state index in [9.17, 15) is 9.18 Å². The molecule has 0 bridgehead atoms. The van der Waals surface area contributed by atoms with Crippen molar-refractivity contribution in [2.24, 2.45) is 0 Å². The van der Waals surface area contributed by atoms with Crippen LogP contribution in [0.3, 0.4) is 0 Å². The van der Waals surface area contributed by atoms with Crippen LogP contribution in [0.5, 0.6) is 0 Å². The standard InChI is InChI=1S/C10H10ClFO2/c1-6(13)9(14)5-7-3-2-4-8(11)10(7)12/h2-4,6,13H,5H2,1H3. The summed E-state index contributed by atoms with van der Waals surface area (Å²) in [6, 6.07) is 4.45. The quantitative estimate of drug-likeness (QED) is 0.839. The van der Waals surface area contributed by atoms with Crippen LogP contribution in [0.1, 0.15) is 12.5 Å². The molecule has 1 rings (SSSR count). The molecule has 0 heterocycles. The second kappa shape index (κ2) is 4.53. The van der Waals surface area contributed by atoms with Crippen LogP contribution in [0.25, 0.3) is 0 Å². The minimum Gasteiger partial charge on any atom is -0.386 e. The van der Waals surface area contributed by atoms with Gasteiger partial charge < -0.3 is 5.11 Å². The Balaban J connectivity index is 2.87. The monoisotopic (exact) mass is 216 g/mol. The Bertz CT molecular complexity index is 350. The maximum atomic E-state index is 13.3. The van der Waals surface area contributed by atoms with Crippen LogP contribution in [-0.2, 0) is 11.2 Å². The SMILES string of the molecule is CC(O)C(=O)Cc1cccc(Cl)c1F. The van der Waals surface area contributed by atoms with E-state index in [-0.39, 0.29) is 17.0 Å². The largest absolute Gasteiger partial charge is 0.386 e. The highest BCUT2D eigenvalue weighted by Crippen LogP contribution is 2.18. The lowest BCUT2D eigenvalue weighted by Gasteiger charge is -2.05. The molecule has 1 unspecified atom stereocenters. The van der Waals surface area contributed by atoms with E-state index < -0.39 is 17.7 Å². The Morgan fingerprint density at radius 2 is 2.29 bits per heavy atom. The molecule has 0 spiro atoms. The second-order valence-corrected chi connectivity index (χ2v) is 3.44. The number of ketones is 1. The third-order valence-corrected chi connectivity index (χ3v) is 2.15. The maximum Gasteiger partial charge on any atom is 0.165 e. The van der Waals surface area contributed by atoms with Crippen LogP contribution >= 0.6 is 11.6 Å². The van der Waals surface area contributed by atoms with Gasteiger partial charge >= 0.3 is 0 Å². The molecule has 0 saturated carbocycles. The summed E-state index contributed by atoms with van der Waals surface area (Å²) in [5, 5.41) is 8.92. The van der Waals surface area contributed by atoms with Crippen molar-refractivity contribution >= 4 is 17.4 Å². The van der Waals surface area contributed by atoms with Gasteiger partial charge in [0.25, 0.3) is 0 Å². The van der Waals surface area contributed by atoms with Gasteiger partial charge in [0.15, 0.2) is 5.78 Å². The number of hydrogen-bond acceptors (Lipinski definition) is 2. The van der Waals surface area contributed by atoms with Gasteiger partial charge in [0.2, 0.25) is 0 Å². The van der Waals surface area contributed by atoms with E-state index in [1.807, 2.05) is 0 Å². The highest BCUT2D eigenvalue weighted by molar-refractivity contribution is 6.30. The van der Waals surface area contributed by atoms with Gasteiger partial charge in [-0.25, -0.2) is 4.39 Å². The molecule has 1 aromatic rings. The molecule has 0 aliphatic carbocycles. The predicted molar refractivity (Wildman–Crippen MR) is 51.8 cm³/mol. The first-order chi connectivity index (χ1) is 6.52. The molecule has 1 atom stereocenters. The van der Waals surface area contributed by atoms with Crippen molar-refractivity contribution in [1.29, 1.82) is 0 Å². The lowest BCUT2D eigenvalue weighted by atomic mass is 10.1. The third kappa shape index (κ3) is 2.53. The molecule has 0 aromatic heterocycles. The second-order valence-electron chi connectivity index (χ2n) is 3.03. The Hall–Kier alpha value is -0.930. The molecule has 0 amide bonds. The topological polar surface area (TPSA) is 37.3 Å². The predicted octanol–water partition coefficient (Wildman–Crippen LogP) is 1.97. The lowest BCUT2D eigenvalue weighted by molar-refractivity contribution is -0.125. The smallest absolute Gasteiger partial charge is 0.165 e. The molecule has 1 N–H and O–H groups in total. The molecule has 4 heteroatoms. The number of Topliss-reactive ketones (excluding diaryl/α,β-unsaturated/α-hetero) is 1. The fourth-order valence-electron chi connectivity index (χ4n) is 1.02. The van der Waals surface area contributed by atoms with Crippen LogP contribution in [-0.4, -0.2) is 17.0 Å². The van der Waals surface area contributed by atoms with Crippen molar-refractivity contribution in [3.63, 3.8) is 0 Å². The zero-order chi connectivity index (χ0) is 10.7. The number of benzene rings is 1. The van der Waals surface area contributed by atoms with Crippen molar-refractivity contribution in [1.82, 2.24) is 0 Å².